The summed E-state index contributed by atoms with van der Waals surface area (Å²) in [6.45, 7) is 6.91. The van der Waals surface area contributed by atoms with E-state index in [-0.39, 0.29) is 11.9 Å². The highest BCUT2D eigenvalue weighted by molar-refractivity contribution is 9.10. The number of carbonyl (C=O) groups excluding carboxylic acids is 1. The van der Waals surface area contributed by atoms with E-state index in [1.165, 1.54) is 0 Å². The van der Waals surface area contributed by atoms with Gasteiger partial charge >= 0.3 is 0 Å². The van der Waals surface area contributed by atoms with Gasteiger partial charge in [0, 0.05) is 5.56 Å². The number of hydrogen-bond acceptors (Lipinski definition) is 4. The molecular formula is C20H24BrNO4. The van der Waals surface area contributed by atoms with Crippen LogP contribution in [-0.2, 0) is 0 Å². The van der Waals surface area contributed by atoms with Crippen LogP contribution in [0.2, 0.25) is 0 Å². The average molecular weight is 422 g/mol. The van der Waals surface area contributed by atoms with Gasteiger partial charge in [0.1, 0.15) is 5.75 Å². The highest BCUT2D eigenvalue weighted by atomic mass is 79.9. The van der Waals surface area contributed by atoms with E-state index in [0.717, 1.165) is 11.3 Å². The van der Waals surface area contributed by atoms with Crippen molar-refractivity contribution in [3.8, 4) is 17.2 Å². The Morgan fingerprint density at radius 2 is 1.77 bits per heavy atom. The van der Waals surface area contributed by atoms with Gasteiger partial charge in [0.15, 0.2) is 11.5 Å². The molecule has 1 atom stereocenters. The van der Waals surface area contributed by atoms with E-state index in [9.17, 15) is 4.79 Å². The second-order valence-electron chi connectivity index (χ2n) is 5.62. The number of halogens is 1. The number of benzene rings is 2. The third kappa shape index (κ3) is 4.91. The molecule has 1 amide bonds. The van der Waals surface area contributed by atoms with Crippen LogP contribution in [0.3, 0.4) is 0 Å². The number of methoxy groups -OCH3 is 1. The van der Waals surface area contributed by atoms with Crippen LogP contribution in [0.15, 0.2) is 40.9 Å². The van der Waals surface area contributed by atoms with E-state index in [4.69, 9.17) is 14.2 Å². The summed E-state index contributed by atoms with van der Waals surface area (Å²) in [6.07, 6.45) is 0. The fourth-order valence-electron chi connectivity index (χ4n) is 2.52. The molecule has 1 N–H and O–H groups in total. The summed E-state index contributed by atoms with van der Waals surface area (Å²) in [5.74, 6) is 1.73. The maximum Gasteiger partial charge on any atom is 0.251 e. The zero-order valence-electron chi connectivity index (χ0n) is 15.5. The van der Waals surface area contributed by atoms with Crippen molar-refractivity contribution < 1.29 is 19.0 Å². The summed E-state index contributed by atoms with van der Waals surface area (Å²) in [5.41, 5.74) is 1.49. The number of nitrogens with one attached hydrogen (secondary N) is 1. The van der Waals surface area contributed by atoms with Gasteiger partial charge in [-0.05, 0) is 66.5 Å². The first-order valence-electron chi connectivity index (χ1n) is 8.54. The molecule has 0 bridgehead atoms. The minimum Gasteiger partial charge on any atom is -0.494 e. The summed E-state index contributed by atoms with van der Waals surface area (Å²) in [7, 11) is 1.55. The van der Waals surface area contributed by atoms with E-state index in [2.05, 4.69) is 21.2 Å². The zero-order valence-corrected chi connectivity index (χ0v) is 17.1. The normalized spacial score (nSPS) is 11.6. The minimum absolute atomic E-state index is 0.144. The molecular weight excluding hydrogens is 398 g/mol. The molecule has 1 unspecified atom stereocenters. The Hall–Kier alpha value is -2.21. The SMILES string of the molecule is CCOc1ccc(C(C)NC(=O)c2cc(Br)c(OCC)c(OC)c2)cc1. The van der Waals surface area contributed by atoms with E-state index in [1.54, 1.807) is 19.2 Å². The molecule has 0 aliphatic carbocycles. The number of rotatable bonds is 8. The van der Waals surface area contributed by atoms with Crippen LogP contribution in [0.1, 0.15) is 42.7 Å². The number of carbonyl (C=O) groups is 1. The fraction of sp³-hybridized carbons (Fsp3) is 0.350. The van der Waals surface area contributed by atoms with Crippen LogP contribution in [0.4, 0.5) is 0 Å². The van der Waals surface area contributed by atoms with Gasteiger partial charge in [-0.1, -0.05) is 12.1 Å². The first kappa shape index (κ1) is 20.1. The van der Waals surface area contributed by atoms with Gasteiger partial charge in [-0.2, -0.15) is 0 Å². The van der Waals surface area contributed by atoms with Gasteiger partial charge in [-0.25, -0.2) is 0 Å². The highest BCUT2D eigenvalue weighted by Gasteiger charge is 2.17. The lowest BCUT2D eigenvalue weighted by atomic mass is 10.1. The van der Waals surface area contributed by atoms with Crippen molar-refractivity contribution in [2.24, 2.45) is 0 Å². The molecule has 2 rings (SSSR count). The molecule has 0 spiro atoms. The van der Waals surface area contributed by atoms with Crippen LogP contribution in [0.25, 0.3) is 0 Å². The molecule has 0 saturated heterocycles. The summed E-state index contributed by atoms with van der Waals surface area (Å²) in [4.78, 5) is 12.6. The van der Waals surface area contributed by atoms with Gasteiger partial charge in [0.25, 0.3) is 5.91 Å². The maximum atomic E-state index is 12.6. The smallest absolute Gasteiger partial charge is 0.251 e. The lowest BCUT2D eigenvalue weighted by molar-refractivity contribution is 0.0939. The second-order valence-corrected chi connectivity index (χ2v) is 6.47. The molecule has 0 fully saturated rings. The molecule has 0 aliphatic heterocycles. The van der Waals surface area contributed by atoms with Crippen LogP contribution in [-0.4, -0.2) is 26.2 Å². The summed E-state index contributed by atoms with van der Waals surface area (Å²) in [5, 5.41) is 3.00. The predicted molar refractivity (Wildman–Crippen MR) is 105 cm³/mol. The Balaban J connectivity index is 2.14. The molecule has 2 aromatic carbocycles. The molecule has 26 heavy (non-hydrogen) atoms. The summed E-state index contributed by atoms with van der Waals surface area (Å²) >= 11 is 3.44. The van der Waals surface area contributed by atoms with Gasteiger partial charge < -0.3 is 19.5 Å². The standard InChI is InChI=1S/C20H24BrNO4/c1-5-25-16-9-7-14(8-10-16)13(3)22-20(23)15-11-17(21)19(26-6-2)18(12-15)24-4/h7-13H,5-6H2,1-4H3,(H,22,23). The minimum atomic E-state index is -0.187. The van der Waals surface area contributed by atoms with Gasteiger partial charge in [-0.15, -0.1) is 0 Å². The lowest BCUT2D eigenvalue weighted by Crippen LogP contribution is -2.26. The first-order chi connectivity index (χ1) is 12.5. The number of ether oxygens (including phenoxy) is 3. The second kappa shape index (κ2) is 9.48. The third-order valence-corrected chi connectivity index (χ3v) is 4.41. The molecule has 0 radical (unpaired) electrons. The average Bonchev–Trinajstić information content (AvgIpc) is 2.64. The molecule has 2 aromatic rings. The van der Waals surface area contributed by atoms with Crippen molar-refractivity contribution in [2.75, 3.05) is 20.3 Å². The van der Waals surface area contributed by atoms with E-state index in [1.807, 2.05) is 45.0 Å². The fourth-order valence-corrected chi connectivity index (χ4v) is 3.07. The Bertz CT molecular complexity index is 746. The Kier molecular flexibility index (Phi) is 7.33. The van der Waals surface area contributed by atoms with Gasteiger partial charge in [-0.3, -0.25) is 4.79 Å². The number of amides is 1. The van der Waals surface area contributed by atoms with Gasteiger partial charge in [0.2, 0.25) is 0 Å². The van der Waals surface area contributed by atoms with E-state index < -0.39 is 0 Å². The zero-order chi connectivity index (χ0) is 19.1. The monoisotopic (exact) mass is 421 g/mol. The third-order valence-electron chi connectivity index (χ3n) is 3.82. The largest absolute Gasteiger partial charge is 0.494 e. The van der Waals surface area contributed by atoms with Crippen molar-refractivity contribution >= 4 is 21.8 Å². The van der Waals surface area contributed by atoms with E-state index >= 15 is 0 Å². The molecule has 5 nitrogen and oxygen atoms in total. The highest BCUT2D eigenvalue weighted by Crippen LogP contribution is 2.36. The van der Waals surface area contributed by atoms with Gasteiger partial charge in [0.05, 0.1) is 30.8 Å². The van der Waals surface area contributed by atoms with Crippen LogP contribution >= 0.6 is 15.9 Å². The Morgan fingerprint density at radius 3 is 2.35 bits per heavy atom. The molecule has 6 heteroatoms. The number of hydrogen-bond donors (Lipinski definition) is 1. The molecule has 0 aromatic heterocycles. The summed E-state index contributed by atoms with van der Waals surface area (Å²) in [6, 6.07) is 11.0. The quantitative estimate of drug-likeness (QED) is 0.668. The summed E-state index contributed by atoms with van der Waals surface area (Å²) < 4.78 is 17.0. The van der Waals surface area contributed by atoms with Crippen molar-refractivity contribution in [3.05, 3.63) is 52.0 Å². The van der Waals surface area contributed by atoms with Crippen molar-refractivity contribution in [1.82, 2.24) is 5.32 Å². The van der Waals surface area contributed by atoms with E-state index in [0.29, 0.717) is 34.7 Å². The van der Waals surface area contributed by atoms with Crippen molar-refractivity contribution in [2.45, 2.75) is 26.8 Å². The van der Waals surface area contributed by atoms with Crippen LogP contribution in [0, 0.1) is 0 Å². The Morgan fingerprint density at radius 1 is 1.12 bits per heavy atom. The van der Waals surface area contributed by atoms with Crippen molar-refractivity contribution in [1.29, 1.82) is 0 Å². The maximum absolute atomic E-state index is 12.6. The molecule has 0 heterocycles. The Labute approximate surface area is 162 Å². The topological polar surface area (TPSA) is 56.8 Å². The lowest BCUT2D eigenvalue weighted by Gasteiger charge is -2.17. The van der Waals surface area contributed by atoms with Crippen LogP contribution < -0.4 is 19.5 Å². The first-order valence-corrected chi connectivity index (χ1v) is 9.33. The molecule has 0 saturated carbocycles. The van der Waals surface area contributed by atoms with Crippen LogP contribution in [0.5, 0.6) is 17.2 Å². The molecule has 0 aliphatic rings. The molecule has 140 valence electrons. The van der Waals surface area contributed by atoms with Crippen molar-refractivity contribution in [3.63, 3.8) is 0 Å². The predicted octanol–water partition coefficient (Wildman–Crippen LogP) is 4.75.